The van der Waals surface area contributed by atoms with Gasteiger partial charge in [-0.15, -0.1) is 29.5 Å². The predicted molar refractivity (Wildman–Crippen MR) is 84.2 cm³/mol. The average molecular weight is 303 g/mol. The van der Waals surface area contributed by atoms with Crippen LogP contribution in [0.15, 0.2) is 24.3 Å². The summed E-state index contributed by atoms with van der Waals surface area (Å²) in [5.74, 6) is 3.25. The van der Waals surface area contributed by atoms with Crippen LogP contribution in [0.2, 0.25) is 0 Å². The van der Waals surface area contributed by atoms with Gasteiger partial charge in [-0.3, -0.25) is 0 Å². The summed E-state index contributed by atoms with van der Waals surface area (Å²) >= 11 is 2.90. The molecule has 1 heterocycles. The highest BCUT2D eigenvalue weighted by molar-refractivity contribution is 7.98. The van der Waals surface area contributed by atoms with E-state index in [0.29, 0.717) is 16.3 Å². The van der Waals surface area contributed by atoms with E-state index in [1.165, 1.54) is 16.9 Å². The summed E-state index contributed by atoms with van der Waals surface area (Å²) in [7, 11) is 0. The monoisotopic (exact) mass is 303 g/mol. The fourth-order valence-electron chi connectivity index (χ4n) is 1.69. The highest BCUT2D eigenvalue weighted by Crippen LogP contribution is 2.28. The molecule has 1 N–H and O–H groups in total. The van der Waals surface area contributed by atoms with Gasteiger partial charge in [0.15, 0.2) is 0 Å². The number of thioether (sulfide) groups is 1. The van der Waals surface area contributed by atoms with Gasteiger partial charge in [0.2, 0.25) is 0 Å². The SMILES string of the molecule is C#CCSCc1ccc(-c2nc(C)c(C(=O)O)s2)cc1. The van der Waals surface area contributed by atoms with Crippen molar-refractivity contribution in [3.63, 3.8) is 0 Å². The summed E-state index contributed by atoms with van der Waals surface area (Å²) in [5, 5.41) is 9.78. The lowest BCUT2D eigenvalue weighted by molar-refractivity contribution is 0.0701. The lowest BCUT2D eigenvalue weighted by Gasteiger charge is -2.01. The third-order valence-corrected chi connectivity index (χ3v) is 4.75. The molecular formula is C15H13NO2S2. The fourth-order valence-corrected chi connectivity index (χ4v) is 3.25. The minimum atomic E-state index is -0.923. The summed E-state index contributed by atoms with van der Waals surface area (Å²) in [5.41, 5.74) is 2.70. The Balaban J connectivity index is 2.16. The molecule has 1 aromatic carbocycles. The van der Waals surface area contributed by atoms with Crippen LogP contribution in [0, 0.1) is 19.3 Å². The summed E-state index contributed by atoms with van der Waals surface area (Å²) in [6.45, 7) is 1.72. The molecule has 0 unspecified atom stereocenters. The molecule has 0 saturated heterocycles. The number of nitrogens with zero attached hydrogens (tertiary/aromatic N) is 1. The molecular weight excluding hydrogens is 290 g/mol. The van der Waals surface area contributed by atoms with Crippen LogP contribution in [0.3, 0.4) is 0 Å². The van der Waals surface area contributed by atoms with Crippen LogP contribution in [0.25, 0.3) is 10.6 Å². The zero-order valence-corrected chi connectivity index (χ0v) is 12.6. The largest absolute Gasteiger partial charge is 0.477 e. The van der Waals surface area contributed by atoms with Crippen LogP contribution in [0.1, 0.15) is 20.9 Å². The van der Waals surface area contributed by atoms with Crippen molar-refractivity contribution in [1.82, 2.24) is 4.98 Å². The van der Waals surface area contributed by atoms with Crippen LogP contribution in [0.4, 0.5) is 0 Å². The number of hydrogen-bond donors (Lipinski definition) is 1. The first-order chi connectivity index (χ1) is 9.61. The molecule has 0 aliphatic carbocycles. The highest BCUT2D eigenvalue weighted by atomic mass is 32.2. The quantitative estimate of drug-likeness (QED) is 0.676. The van der Waals surface area contributed by atoms with Crippen molar-refractivity contribution in [2.24, 2.45) is 0 Å². The maximum Gasteiger partial charge on any atom is 0.347 e. The molecule has 0 bridgehead atoms. The molecule has 0 saturated carbocycles. The number of hydrogen-bond acceptors (Lipinski definition) is 4. The minimum Gasteiger partial charge on any atom is -0.477 e. The van der Waals surface area contributed by atoms with Crippen molar-refractivity contribution in [3.05, 3.63) is 40.4 Å². The molecule has 1 aromatic heterocycles. The second-order valence-corrected chi connectivity index (χ2v) is 6.12. The average Bonchev–Trinajstić information content (AvgIpc) is 2.82. The van der Waals surface area contributed by atoms with Gasteiger partial charge in [-0.05, 0) is 12.5 Å². The number of benzene rings is 1. The van der Waals surface area contributed by atoms with Crippen molar-refractivity contribution < 1.29 is 9.90 Å². The maximum absolute atomic E-state index is 11.0. The summed E-state index contributed by atoms with van der Waals surface area (Å²) in [4.78, 5) is 15.6. The van der Waals surface area contributed by atoms with Crippen LogP contribution < -0.4 is 0 Å². The topological polar surface area (TPSA) is 50.2 Å². The Morgan fingerprint density at radius 2 is 2.15 bits per heavy atom. The Labute approximate surface area is 126 Å². The van der Waals surface area contributed by atoms with Crippen LogP contribution in [-0.4, -0.2) is 21.8 Å². The van der Waals surface area contributed by atoms with E-state index in [0.717, 1.165) is 16.3 Å². The lowest BCUT2D eigenvalue weighted by Crippen LogP contribution is -1.94. The second-order valence-electron chi connectivity index (χ2n) is 4.13. The Morgan fingerprint density at radius 3 is 2.70 bits per heavy atom. The van der Waals surface area contributed by atoms with Crippen molar-refractivity contribution in [3.8, 4) is 22.9 Å². The number of carbonyl (C=O) groups is 1. The third kappa shape index (κ3) is 3.41. The molecule has 0 atom stereocenters. The zero-order valence-electron chi connectivity index (χ0n) is 10.9. The summed E-state index contributed by atoms with van der Waals surface area (Å²) in [6.07, 6.45) is 5.21. The molecule has 20 heavy (non-hydrogen) atoms. The molecule has 0 spiro atoms. The van der Waals surface area contributed by atoms with Gasteiger partial charge < -0.3 is 5.11 Å². The van der Waals surface area contributed by atoms with Gasteiger partial charge in [0.1, 0.15) is 9.88 Å². The van der Waals surface area contributed by atoms with Crippen LogP contribution in [-0.2, 0) is 5.75 Å². The van der Waals surface area contributed by atoms with Crippen molar-refractivity contribution in [2.75, 3.05) is 5.75 Å². The Morgan fingerprint density at radius 1 is 1.45 bits per heavy atom. The van der Waals surface area contributed by atoms with E-state index in [1.54, 1.807) is 18.7 Å². The van der Waals surface area contributed by atoms with E-state index < -0.39 is 5.97 Å². The standard InChI is InChI=1S/C15H13NO2S2/c1-3-8-19-9-11-4-6-12(7-5-11)14-16-10(2)13(20-14)15(17)18/h1,4-7H,8-9H2,2H3,(H,17,18). The van der Waals surface area contributed by atoms with Crippen molar-refractivity contribution in [1.29, 1.82) is 0 Å². The first kappa shape index (κ1) is 14.6. The number of carboxylic acid groups (broad SMARTS) is 1. The normalized spacial score (nSPS) is 10.2. The van der Waals surface area contributed by atoms with Crippen LogP contribution in [0.5, 0.6) is 0 Å². The number of carboxylic acids is 1. The van der Waals surface area contributed by atoms with E-state index in [-0.39, 0.29) is 0 Å². The molecule has 0 fully saturated rings. The van der Waals surface area contributed by atoms with Gasteiger partial charge in [0, 0.05) is 11.3 Å². The zero-order chi connectivity index (χ0) is 14.5. The van der Waals surface area contributed by atoms with E-state index in [4.69, 9.17) is 11.5 Å². The van der Waals surface area contributed by atoms with E-state index in [9.17, 15) is 4.79 Å². The molecule has 3 nitrogen and oxygen atoms in total. The Hall–Kier alpha value is -1.77. The predicted octanol–water partition coefficient (Wildman–Crippen LogP) is 3.68. The molecule has 0 radical (unpaired) electrons. The number of thiazole rings is 1. The third-order valence-electron chi connectivity index (χ3n) is 2.65. The maximum atomic E-state index is 11.0. The van der Waals surface area contributed by atoms with Crippen molar-refractivity contribution in [2.45, 2.75) is 12.7 Å². The van der Waals surface area contributed by atoms with Gasteiger partial charge >= 0.3 is 5.97 Å². The smallest absolute Gasteiger partial charge is 0.347 e. The number of rotatable bonds is 5. The molecule has 102 valence electrons. The second kappa shape index (κ2) is 6.60. The van der Waals surface area contributed by atoms with E-state index >= 15 is 0 Å². The van der Waals surface area contributed by atoms with Gasteiger partial charge in [-0.25, -0.2) is 9.78 Å². The Bertz CT molecular complexity index is 654. The fraction of sp³-hybridized carbons (Fsp3) is 0.200. The minimum absolute atomic E-state index is 0.300. The number of aromatic carboxylic acids is 1. The molecule has 0 aliphatic heterocycles. The summed E-state index contributed by atoms with van der Waals surface area (Å²) < 4.78 is 0. The molecule has 0 amide bonds. The number of terminal acetylenes is 1. The van der Waals surface area contributed by atoms with E-state index in [2.05, 4.69) is 10.9 Å². The Kier molecular flexibility index (Phi) is 4.83. The van der Waals surface area contributed by atoms with E-state index in [1.807, 2.05) is 24.3 Å². The molecule has 0 aliphatic rings. The van der Waals surface area contributed by atoms with Gasteiger partial charge in [0.05, 0.1) is 11.4 Å². The van der Waals surface area contributed by atoms with Crippen LogP contribution >= 0.6 is 23.1 Å². The van der Waals surface area contributed by atoms with Gasteiger partial charge in [-0.1, -0.05) is 30.2 Å². The molecule has 2 aromatic rings. The molecule has 5 heteroatoms. The van der Waals surface area contributed by atoms with Gasteiger partial charge in [-0.2, -0.15) is 0 Å². The highest BCUT2D eigenvalue weighted by Gasteiger charge is 2.14. The van der Waals surface area contributed by atoms with Crippen molar-refractivity contribution >= 4 is 29.1 Å². The summed E-state index contributed by atoms with van der Waals surface area (Å²) in [6, 6.07) is 7.98. The first-order valence-electron chi connectivity index (χ1n) is 5.93. The lowest BCUT2D eigenvalue weighted by atomic mass is 10.2. The number of aromatic nitrogens is 1. The van der Waals surface area contributed by atoms with Gasteiger partial charge in [0.25, 0.3) is 0 Å². The number of aryl methyl sites for hydroxylation is 1. The molecule has 2 rings (SSSR count). The first-order valence-corrected chi connectivity index (χ1v) is 7.90.